The molecule has 0 atom stereocenters. The van der Waals surface area contributed by atoms with Gasteiger partial charge in [-0.1, -0.05) is 25.9 Å². The van der Waals surface area contributed by atoms with Crippen LogP contribution in [-0.4, -0.2) is 32.1 Å². The molecule has 0 unspecified atom stereocenters. The van der Waals surface area contributed by atoms with E-state index in [1.165, 1.54) is 11.5 Å². The molecule has 0 saturated carbocycles. The summed E-state index contributed by atoms with van der Waals surface area (Å²) >= 11 is 1.34. The molecule has 112 valence electrons. The van der Waals surface area contributed by atoms with Gasteiger partial charge in [0.05, 0.1) is 6.54 Å². The second kappa shape index (κ2) is 4.80. The Kier molecular flexibility index (Phi) is 3.20. The van der Waals surface area contributed by atoms with Crippen LogP contribution in [0.15, 0.2) is 4.52 Å². The first kappa shape index (κ1) is 14.0. The van der Waals surface area contributed by atoms with E-state index >= 15 is 0 Å². The number of aromatic nitrogens is 3. The van der Waals surface area contributed by atoms with Crippen molar-refractivity contribution < 1.29 is 14.4 Å². The third-order valence-electron chi connectivity index (χ3n) is 3.39. The maximum Gasteiger partial charge on any atom is 0.358 e. The van der Waals surface area contributed by atoms with E-state index in [0.29, 0.717) is 24.3 Å². The summed E-state index contributed by atoms with van der Waals surface area (Å²) in [5.74, 6) is 0.399. The summed E-state index contributed by atoms with van der Waals surface area (Å²) in [5, 5.41) is 13.6. The molecule has 0 fully saturated rings. The number of carbonyl (C=O) groups is 1. The maximum atomic E-state index is 11.1. The van der Waals surface area contributed by atoms with Crippen LogP contribution in [0.5, 0.6) is 0 Å². The van der Waals surface area contributed by atoms with E-state index in [0.717, 1.165) is 17.5 Å². The Morgan fingerprint density at radius 1 is 1.43 bits per heavy atom. The summed E-state index contributed by atoms with van der Waals surface area (Å²) < 4.78 is 9.50. The predicted octanol–water partition coefficient (Wildman–Crippen LogP) is 2.08. The summed E-state index contributed by atoms with van der Waals surface area (Å²) in [4.78, 5) is 17.7. The molecule has 0 saturated heterocycles. The van der Waals surface area contributed by atoms with Crippen molar-refractivity contribution in [2.75, 3.05) is 11.4 Å². The third-order valence-corrected chi connectivity index (χ3v) is 4.16. The van der Waals surface area contributed by atoms with Gasteiger partial charge in [-0.3, -0.25) is 0 Å². The zero-order valence-electron chi connectivity index (χ0n) is 12.1. The molecular formula is C13H16N4O3S. The Labute approximate surface area is 125 Å². The van der Waals surface area contributed by atoms with Gasteiger partial charge in [0.2, 0.25) is 5.13 Å². The Bertz CT molecular complexity index is 686. The van der Waals surface area contributed by atoms with Crippen molar-refractivity contribution in [3.63, 3.8) is 0 Å². The number of hydrogen-bond donors (Lipinski definition) is 1. The molecule has 0 radical (unpaired) electrons. The van der Waals surface area contributed by atoms with Gasteiger partial charge in [-0.15, -0.1) is 0 Å². The quantitative estimate of drug-likeness (QED) is 0.908. The first-order chi connectivity index (χ1) is 9.86. The third kappa shape index (κ3) is 2.51. The van der Waals surface area contributed by atoms with Crippen molar-refractivity contribution in [3.8, 4) is 0 Å². The fourth-order valence-electron chi connectivity index (χ4n) is 2.19. The van der Waals surface area contributed by atoms with Crippen LogP contribution in [-0.2, 0) is 18.4 Å². The molecule has 21 heavy (non-hydrogen) atoms. The highest BCUT2D eigenvalue weighted by Gasteiger charge is 2.29. The first-order valence-corrected chi connectivity index (χ1v) is 7.43. The molecule has 0 aromatic carbocycles. The largest absolute Gasteiger partial charge is 0.476 e. The summed E-state index contributed by atoms with van der Waals surface area (Å²) in [7, 11) is 0. The van der Waals surface area contributed by atoms with Crippen molar-refractivity contribution in [1.29, 1.82) is 0 Å². The van der Waals surface area contributed by atoms with E-state index in [4.69, 9.17) is 9.63 Å². The lowest BCUT2D eigenvalue weighted by atomic mass is 9.96. The van der Waals surface area contributed by atoms with Gasteiger partial charge in [-0.25, -0.2) is 9.78 Å². The molecular weight excluding hydrogens is 292 g/mol. The van der Waals surface area contributed by atoms with Crippen LogP contribution in [0.25, 0.3) is 0 Å². The molecule has 8 heteroatoms. The minimum atomic E-state index is -1.06. The van der Waals surface area contributed by atoms with Crippen molar-refractivity contribution in [1.82, 2.24) is 14.5 Å². The molecule has 2 aromatic rings. The second-order valence-electron chi connectivity index (χ2n) is 6.06. The van der Waals surface area contributed by atoms with E-state index < -0.39 is 5.97 Å². The average Bonchev–Trinajstić information content (AvgIpc) is 3.04. The predicted molar refractivity (Wildman–Crippen MR) is 76.8 cm³/mol. The minimum absolute atomic E-state index is 0.00439. The highest BCUT2D eigenvalue weighted by atomic mass is 32.1. The minimum Gasteiger partial charge on any atom is -0.476 e. The Morgan fingerprint density at radius 2 is 2.19 bits per heavy atom. The molecule has 2 aromatic heterocycles. The van der Waals surface area contributed by atoms with Crippen molar-refractivity contribution in [3.05, 3.63) is 22.8 Å². The fourth-order valence-corrected chi connectivity index (χ4v) is 3.07. The highest BCUT2D eigenvalue weighted by molar-refractivity contribution is 7.09. The van der Waals surface area contributed by atoms with Crippen LogP contribution in [0.4, 0.5) is 5.13 Å². The van der Waals surface area contributed by atoms with Gasteiger partial charge in [-0.05, 0) is 0 Å². The topological polar surface area (TPSA) is 92.4 Å². The SMILES string of the molecule is CC(C)(C)c1nsc(N2CCc3onc(C(=O)O)c3C2)n1. The van der Waals surface area contributed by atoms with E-state index in [2.05, 4.69) is 35.3 Å². The van der Waals surface area contributed by atoms with Crippen LogP contribution < -0.4 is 4.90 Å². The summed E-state index contributed by atoms with van der Waals surface area (Å²) in [6.45, 7) is 7.36. The highest BCUT2D eigenvalue weighted by Crippen LogP contribution is 2.30. The molecule has 0 amide bonds. The van der Waals surface area contributed by atoms with Gasteiger partial charge in [0.1, 0.15) is 11.6 Å². The average molecular weight is 308 g/mol. The molecule has 1 aliphatic heterocycles. The molecule has 3 rings (SSSR count). The van der Waals surface area contributed by atoms with E-state index in [1.807, 2.05) is 4.90 Å². The molecule has 0 aliphatic carbocycles. The van der Waals surface area contributed by atoms with Crippen molar-refractivity contribution >= 4 is 22.6 Å². The summed E-state index contributed by atoms with van der Waals surface area (Å²) in [6.07, 6.45) is 0.625. The Morgan fingerprint density at radius 3 is 2.81 bits per heavy atom. The molecule has 1 N–H and O–H groups in total. The van der Waals surface area contributed by atoms with Gasteiger partial charge in [0.25, 0.3) is 0 Å². The standard InChI is InChI=1S/C13H16N4O3S/c1-13(2,3)11-14-12(21-16-11)17-5-4-8-7(6-17)9(10(18)19)15-20-8/h4-6H2,1-3H3,(H,18,19). The molecule has 0 spiro atoms. The van der Waals surface area contributed by atoms with Crippen LogP contribution in [0, 0.1) is 0 Å². The summed E-state index contributed by atoms with van der Waals surface area (Å²) in [6, 6.07) is 0. The van der Waals surface area contributed by atoms with Crippen molar-refractivity contribution in [2.24, 2.45) is 0 Å². The molecule has 0 bridgehead atoms. The molecule has 7 nitrogen and oxygen atoms in total. The van der Waals surface area contributed by atoms with Gasteiger partial charge < -0.3 is 14.5 Å². The van der Waals surface area contributed by atoms with Gasteiger partial charge in [-0.2, -0.15) is 4.37 Å². The van der Waals surface area contributed by atoms with Crippen LogP contribution in [0.1, 0.15) is 48.4 Å². The zero-order chi connectivity index (χ0) is 15.2. The lowest BCUT2D eigenvalue weighted by molar-refractivity contribution is 0.0684. The Hall–Kier alpha value is -1.96. The number of aromatic carboxylic acids is 1. The second-order valence-corrected chi connectivity index (χ2v) is 6.79. The van der Waals surface area contributed by atoms with Crippen LogP contribution >= 0.6 is 11.5 Å². The molecule has 3 heterocycles. The monoisotopic (exact) mass is 308 g/mol. The number of fused-ring (bicyclic) bond motifs is 1. The van der Waals surface area contributed by atoms with E-state index in [9.17, 15) is 4.79 Å². The number of carboxylic acid groups (broad SMARTS) is 1. The van der Waals surface area contributed by atoms with Gasteiger partial charge >= 0.3 is 5.97 Å². The number of anilines is 1. The van der Waals surface area contributed by atoms with E-state index in [1.54, 1.807) is 0 Å². The van der Waals surface area contributed by atoms with Gasteiger partial charge in [0, 0.05) is 35.5 Å². The normalized spacial score (nSPS) is 15.1. The fraction of sp³-hybridized carbons (Fsp3) is 0.538. The van der Waals surface area contributed by atoms with Crippen molar-refractivity contribution in [2.45, 2.75) is 39.2 Å². The number of carboxylic acids is 1. The zero-order valence-corrected chi connectivity index (χ0v) is 12.9. The van der Waals surface area contributed by atoms with Gasteiger partial charge in [0.15, 0.2) is 5.69 Å². The lowest BCUT2D eigenvalue weighted by Gasteiger charge is -2.25. The smallest absolute Gasteiger partial charge is 0.358 e. The van der Waals surface area contributed by atoms with Crippen LogP contribution in [0.3, 0.4) is 0 Å². The maximum absolute atomic E-state index is 11.1. The first-order valence-electron chi connectivity index (χ1n) is 6.66. The van der Waals surface area contributed by atoms with Crippen LogP contribution in [0.2, 0.25) is 0 Å². The number of nitrogens with zero attached hydrogens (tertiary/aromatic N) is 4. The summed E-state index contributed by atoms with van der Waals surface area (Å²) in [5.41, 5.74) is 0.538. The lowest BCUT2D eigenvalue weighted by Crippen LogP contribution is -2.30. The van der Waals surface area contributed by atoms with E-state index in [-0.39, 0.29) is 11.1 Å². The Balaban J connectivity index is 1.87. The number of hydrogen-bond acceptors (Lipinski definition) is 7. The number of rotatable bonds is 2. The molecule has 1 aliphatic rings.